The predicted octanol–water partition coefficient (Wildman–Crippen LogP) is 0.668. The first-order chi connectivity index (χ1) is 9.02. The van der Waals surface area contributed by atoms with Gasteiger partial charge in [0.05, 0.1) is 10.8 Å². The van der Waals surface area contributed by atoms with Crippen LogP contribution in [0.15, 0.2) is 23.1 Å². The van der Waals surface area contributed by atoms with Crippen LogP contribution in [0.3, 0.4) is 0 Å². The van der Waals surface area contributed by atoms with Gasteiger partial charge in [0.1, 0.15) is 11.6 Å². The summed E-state index contributed by atoms with van der Waals surface area (Å²) in [5.74, 6) is -1.13. The number of nitrogens with two attached hydrogens (primary N) is 1. The van der Waals surface area contributed by atoms with Crippen LogP contribution in [-0.2, 0) is 20.3 Å². The Bertz CT molecular complexity index is 448. The molecule has 0 bridgehead atoms. The minimum absolute atomic E-state index is 0.184. The van der Waals surface area contributed by atoms with Crippen molar-refractivity contribution in [3.05, 3.63) is 24.0 Å². The molecular formula is C12H17FN2O3S. The van der Waals surface area contributed by atoms with Gasteiger partial charge in [-0.2, -0.15) is 0 Å². The average molecular weight is 288 g/mol. The number of rotatable bonds is 7. The first-order valence-electron chi connectivity index (χ1n) is 5.73. The zero-order chi connectivity index (χ0) is 14.3. The molecule has 7 heteroatoms. The van der Waals surface area contributed by atoms with E-state index < -0.39 is 16.6 Å². The molecule has 0 saturated carbocycles. The first kappa shape index (κ1) is 15.6. The summed E-state index contributed by atoms with van der Waals surface area (Å²) in [7, 11) is -0.0299. The number of benzene rings is 1. The second kappa shape index (κ2) is 7.85. The second-order valence-electron chi connectivity index (χ2n) is 3.91. The Morgan fingerprint density at radius 1 is 1.47 bits per heavy atom. The Hall–Kier alpha value is -1.47. The normalized spacial score (nSPS) is 12.1. The SMILES string of the molecule is COCCCNC(=O)CS(=O)c1cc(N)cc(F)c1. The van der Waals surface area contributed by atoms with Crippen LogP contribution in [0.2, 0.25) is 0 Å². The Morgan fingerprint density at radius 3 is 2.84 bits per heavy atom. The van der Waals surface area contributed by atoms with Crippen LogP contribution in [0.5, 0.6) is 0 Å². The molecule has 1 atom stereocenters. The highest BCUT2D eigenvalue weighted by Gasteiger charge is 2.11. The van der Waals surface area contributed by atoms with Gasteiger partial charge >= 0.3 is 0 Å². The molecule has 0 fully saturated rings. The lowest BCUT2D eigenvalue weighted by molar-refractivity contribution is -0.118. The number of amides is 1. The molecule has 0 spiro atoms. The van der Waals surface area contributed by atoms with Gasteiger partial charge in [-0.15, -0.1) is 0 Å². The van der Waals surface area contributed by atoms with Crippen LogP contribution in [0.25, 0.3) is 0 Å². The fraction of sp³-hybridized carbons (Fsp3) is 0.417. The summed E-state index contributed by atoms with van der Waals surface area (Å²) in [6.07, 6.45) is 0.682. The molecule has 1 unspecified atom stereocenters. The number of hydrogen-bond acceptors (Lipinski definition) is 4. The highest BCUT2D eigenvalue weighted by Crippen LogP contribution is 2.14. The summed E-state index contributed by atoms with van der Waals surface area (Å²) in [5, 5.41) is 2.61. The number of halogens is 1. The molecule has 1 rings (SSSR count). The maximum Gasteiger partial charge on any atom is 0.233 e. The Labute approximate surface area is 113 Å². The predicted molar refractivity (Wildman–Crippen MR) is 71.6 cm³/mol. The van der Waals surface area contributed by atoms with Gasteiger partial charge in [0, 0.05) is 30.8 Å². The summed E-state index contributed by atoms with van der Waals surface area (Å²) >= 11 is 0. The smallest absolute Gasteiger partial charge is 0.233 e. The first-order valence-corrected chi connectivity index (χ1v) is 7.05. The van der Waals surface area contributed by atoms with Crippen molar-refractivity contribution in [3.8, 4) is 0 Å². The highest BCUT2D eigenvalue weighted by molar-refractivity contribution is 7.85. The van der Waals surface area contributed by atoms with Crippen LogP contribution >= 0.6 is 0 Å². The molecule has 0 heterocycles. The van der Waals surface area contributed by atoms with E-state index >= 15 is 0 Å². The van der Waals surface area contributed by atoms with Gasteiger partial charge in [-0.25, -0.2) is 4.39 Å². The average Bonchev–Trinajstić information content (AvgIpc) is 2.33. The molecule has 106 valence electrons. The number of hydrogen-bond donors (Lipinski definition) is 2. The van der Waals surface area contributed by atoms with Gasteiger partial charge in [0.15, 0.2) is 0 Å². The third-order valence-electron chi connectivity index (χ3n) is 2.27. The van der Waals surface area contributed by atoms with Crippen LogP contribution in [-0.4, -0.2) is 36.1 Å². The minimum atomic E-state index is -1.60. The van der Waals surface area contributed by atoms with Crippen LogP contribution in [0.1, 0.15) is 6.42 Å². The topological polar surface area (TPSA) is 81.4 Å². The van der Waals surface area contributed by atoms with Crippen molar-refractivity contribution in [3.63, 3.8) is 0 Å². The summed E-state index contributed by atoms with van der Waals surface area (Å²) < 4.78 is 29.8. The largest absolute Gasteiger partial charge is 0.399 e. The fourth-order valence-electron chi connectivity index (χ4n) is 1.41. The summed E-state index contributed by atoms with van der Waals surface area (Å²) in [6, 6.07) is 3.65. The molecule has 1 amide bonds. The van der Waals surface area contributed by atoms with Crippen molar-refractivity contribution in [1.29, 1.82) is 0 Å². The zero-order valence-electron chi connectivity index (χ0n) is 10.6. The molecule has 0 aliphatic carbocycles. The summed E-state index contributed by atoms with van der Waals surface area (Å²) in [4.78, 5) is 11.7. The highest BCUT2D eigenvalue weighted by atomic mass is 32.2. The molecule has 0 saturated heterocycles. The Morgan fingerprint density at radius 2 is 2.21 bits per heavy atom. The summed E-state index contributed by atoms with van der Waals surface area (Å²) in [6.45, 7) is 0.999. The molecule has 1 aromatic rings. The van der Waals surface area contributed by atoms with Gasteiger partial charge in [-0.1, -0.05) is 0 Å². The Kier molecular flexibility index (Phi) is 6.44. The van der Waals surface area contributed by atoms with Gasteiger partial charge in [-0.05, 0) is 24.6 Å². The lowest BCUT2D eigenvalue weighted by Gasteiger charge is -2.06. The molecule has 19 heavy (non-hydrogen) atoms. The third kappa shape index (κ3) is 5.80. The Balaban J connectivity index is 2.47. The van der Waals surface area contributed by atoms with E-state index in [1.807, 2.05) is 0 Å². The van der Waals surface area contributed by atoms with E-state index in [-0.39, 0.29) is 22.2 Å². The van der Waals surface area contributed by atoms with E-state index in [0.29, 0.717) is 19.6 Å². The molecular weight excluding hydrogens is 271 g/mol. The van der Waals surface area contributed by atoms with E-state index in [1.54, 1.807) is 7.11 Å². The van der Waals surface area contributed by atoms with Crippen LogP contribution < -0.4 is 11.1 Å². The van der Waals surface area contributed by atoms with Gasteiger partial charge < -0.3 is 15.8 Å². The van der Waals surface area contributed by atoms with Crippen LogP contribution in [0, 0.1) is 5.82 Å². The van der Waals surface area contributed by atoms with E-state index in [9.17, 15) is 13.4 Å². The van der Waals surface area contributed by atoms with Crippen molar-refractivity contribution in [2.24, 2.45) is 0 Å². The summed E-state index contributed by atoms with van der Waals surface area (Å²) in [5.41, 5.74) is 5.64. The molecule has 0 radical (unpaired) electrons. The van der Waals surface area contributed by atoms with E-state index in [0.717, 1.165) is 12.1 Å². The molecule has 3 N–H and O–H groups in total. The molecule has 0 aliphatic heterocycles. The third-order valence-corrected chi connectivity index (χ3v) is 3.55. The number of nitrogens with one attached hydrogen (secondary N) is 1. The second-order valence-corrected chi connectivity index (χ2v) is 5.36. The van der Waals surface area contributed by atoms with Crippen molar-refractivity contribution in [2.45, 2.75) is 11.3 Å². The molecule has 0 aliphatic rings. The zero-order valence-corrected chi connectivity index (χ0v) is 11.5. The lowest BCUT2D eigenvalue weighted by atomic mass is 10.3. The van der Waals surface area contributed by atoms with E-state index in [2.05, 4.69) is 5.32 Å². The van der Waals surface area contributed by atoms with Crippen molar-refractivity contribution >= 4 is 22.4 Å². The quantitative estimate of drug-likeness (QED) is 0.571. The number of anilines is 1. The van der Waals surface area contributed by atoms with Gasteiger partial charge in [-0.3, -0.25) is 9.00 Å². The minimum Gasteiger partial charge on any atom is -0.399 e. The number of carbonyl (C=O) groups excluding carboxylic acids is 1. The monoisotopic (exact) mass is 288 g/mol. The van der Waals surface area contributed by atoms with Gasteiger partial charge in [0.2, 0.25) is 5.91 Å². The molecule has 5 nitrogen and oxygen atoms in total. The number of methoxy groups -OCH3 is 1. The maximum absolute atomic E-state index is 13.1. The molecule has 0 aromatic heterocycles. The van der Waals surface area contributed by atoms with Crippen molar-refractivity contribution in [2.75, 3.05) is 31.7 Å². The number of nitrogen functional groups attached to an aromatic ring is 1. The van der Waals surface area contributed by atoms with Crippen molar-refractivity contribution in [1.82, 2.24) is 5.32 Å². The standard InChI is InChI=1S/C12H17FN2O3S/c1-18-4-2-3-15-12(16)8-19(17)11-6-9(13)5-10(14)7-11/h5-7H,2-4,8,14H2,1H3,(H,15,16). The lowest BCUT2D eigenvalue weighted by Crippen LogP contribution is -2.29. The fourth-order valence-corrected chi connectivity index (χ4v) is 2.43. The van der Waals surface area contributed by atoms with E-state index in [1.165, 1.54) is 6.07 Å². The van der Waals surface area contributed by atoms with E-state index in [4.69, 9.17) is 10.5 Å². The van der Waals surface area contributed by atoms with Gasteiger partial charge in [0.25, 0.3) is 0 Å². The maximum atomic E-state index is 13.1. The molecule has 1 aromatic carbocycles. The van der Waals surface area contributed by atoms with Crippen molar-refractivity contribution < 1.29 is 18.1 Å². The number of ether oxygens (including phenoxy) is 1. The van der Waals surface area contributed by atoms with Crippen LogP contribution in [0.4, 0.5) is 10.1 Å². The number of carbonyl (C=O) groups is 1.